The summed E-state index contributed by atoms with van der Waals surface area (Å²) in [6, 6.07) is 17.9. The van der Waals surface area contributed by atoms with Gasteiger partial charge in [-0.2, -0.15) is 0 Å². The van der Waals surface area contributed by atoms with E-state index in [9.17, 15) is 18.0 Å². The first-order valence-corrected chi connectivity index (χ1v) is 15.7. The van der Waals surface area contributed by atoms with E-state index in [4.69, 9.17) is 11.6 Å². The molecule has 2 amide bonds. The van der Waals surface area contributed by atoms with Gasteiger partial charge in [0.05, 0.1) is 10.6 Å². The van der Waals surface area contributed by atoms with Crippen LogP contribution >= 0.6 is 27.5 Å². The number of amides is 2. The van der Waals surface area contributed by atoms with Crippen LogP contribution in [0.15, 0.2) is 76.1 Å². The van der Waals surface area contributed by atoms with Crippen molar-refractivity contribution in [1.29, 1.82) is 0 Å². The van der Waals surface area contributed by atoms with Crippen molar-refractivity contribution < 1.29 is 18.0 Å². The summed E-state index contributed by atoms with van der Waals surface area (Å²) < 4.78 is 29.7. The third kappa shape index (κ3) is 8.08. The average Bonchev–Trinajstić information content (AvgIpc) is 2.91. The van der Waals surface area contributed by atoms with Gasteiger partial charge in [0, 0.05) is 22.6 Å². The van der Waals surface area contributed by atoms with Crippen LogP contribution in [-0.4, -0.2) is 44.3 Å². The van der Waals surface area contributed by atoms with Crippen molar-refractivity contribution in [3.63, 3.8) is 0 Å². The maximum absolute atomic E-state index is 14.0. The molecule has 3 rings (SSSR count). The first-order valence-electron chi connectivity index (χ1n) is 13.1. The minimum atomic E-state index is -4.15. The molecule has 0 aliphatic carbocycles. The number of hydrogen-bond donors (Lipinski definition) is 1. The lowest BCUT2D eigenvalue weighted by Gasteiger charge is -2.32. The number of unbranched alkanes of at least 4 members (excludes halogenated alkanes) is 1. The number of nitrogens with one attached hydrogen (secondary N) is 1. The summed E-state index contributed by atoms with van der Waals surface area (Å²) in [6.45, 7) is 7.45. The number of halogens is 2. The molecule has 1 atom stereocenters. The third-order valence-electron chi connectivity index (χ3n) is 6.57. The van der Waals surface area contributed by atoms with Gasteiger partial charge in [0.2, 0.25) is 11.8 Å². The molecule has 0 aliphatic rings. The van der Waals surface area contributed by atoms with E-state index >= 15 is 0 Å². The fraction of sp³-hybridized carbons (Fsp3) is 0.333. The zero-order valence-corrected chi connectivity index (χ0v) is 26.3. The molecule has 0 heterocycles. The lowest BCUT2D eigenvalue weighted by Crippen LogP contribution is -2.51. The molecule has 3 aromatic carbocycles. The maximum atomic E-state index is 14.0. The van der Waals surface area contributed by atoms with Crippen LogP contribution in [0.3, 0.4) is 0 Å². The summed E-state index contributed by atoms with van der Waals surface area (Å²) in [4.78, 5) is 28.5. The number of benzene rings is 3. The number of hydrogen-bond acceptors (Lipinski definition) is 4. The minimum Gasteiger partial charge on any atom is -0.354 e. The third-order valence-corrected chi connectivity index (χ3v) is 9.26. The van der Waals surface area contributed by atoms with E-state index in [1.165, 1.54) is 23.1 Å². The fourth-order valence-electron chi connectivity index (χ4n) is 4.05. The van der Waals surface area contributed by atoms with Gasteiger partial charge in [0.1, 0.15) is 12.6 Å². The van der Waals surface area contributed by atoms with Crippen molar-refractivity contribution in [2.45, 2.75) is 58.0 Å². The van der Waals surface area contributed by atoms with E-state index in [-0.39, 0.29) is 23.0 Å². The molecule has 7 nitrogen and oxygen atoms in total. The molecule has 0 aliphatic heterocycles. The highest BCUT2D eigenvalue weighted by Crippen LogP contribution is 2.29. The van der Waals surface area contributed by atoms with Crippen LogP contribution in [0.2, 0.25) is 5.02 Å². The van der Waals surface area contributed by atoms with Gasteiger partial charge < -0.3 is 10.2 Å². The predicted molar refractivity (Wildman–Crippen MR) is 164 cm³/mol. The molecule has 0 saturated heterocycles. The molecular weight excluding hydrogens is 614 g/mol. The number of carbonyl (C=O) groups is 2. The first kappa shape index (κ1) is 31.6. The second-order valence-electron chi connectivity index (χ2n) is 9.73. The van der Waals surface area contributed by atoms with Crippen LogP contribution in [0.1, 0.15) is 43.4 Å². The lowest BCUT2D eigenvalue weighted by atomic mass is 10.1. The average molecular weight is 649 g/mol. The number of rotatable bonds is 12. The molecule has 0 radical (unpaired) electrons. The molecule has 0 saturated carbocycles. The van der Waals surface area contributed by atoms with Crippen molar-refractivity contribution in [3.8, 4) is 0 Å². The fourth-order valence-corrected chi connectivity index (χ4v) is 6.08. The standard InChI is InChI=1S/C30H35BrClN3O4S/c1-5-6-16-33-30(37)23(4)34(19-24-8-7-9-25(31)17-24)29(36)20-35(26-13-12-22(3)28(32)18-26)40(38,39)27-14-10-21(2)11-15-27/h7-15,17-18,23H,5-6,16,19-20H2,1-4H3,(H,33,37)/t23-/m1/s1. The van der Waals surface area contributed by atoms with Crippen molar-refractivity contribution in [3.05, 3.63) is 92.9 Å². The highest BCUT2D eigenvalue weighted by molar-refractivity contribution is 9.10. The van der Waals surface area contributed by atoms with E-state index in [1.54, 1.807) is 31.2 Å². The molecule has 0 spiro atoms. The molecule has 3 aromatic rings. The smallest absolute Gasteiger partial charge is 0.264 e. The summed E-state index contributed by atoms with van der Waals surface area (Å²) >= 11 is 9.83. The summed E-state index contributed by atoms with van der Waals surface area (Å²) in [5, 5.41) is 3.26. The second kappa shape index (κ2) is 14.1. The highest BCUT2D eigenvalue weighted by atomic mass is 79.9. The summed E-state index contributed by atoms with van der Waals surface area (Å²) in [6.07, 6.45) is 1.73. The molecular formula is C30H35BrClN3O4S. The van der Waals surface area contributed by atoms with Crippen molar-refractivity contribution in [2.24, 2.45) is 0 Å². The van der Waals surface area contributed by atoms with Gasteiger partial charge in [-0.3, -0.25) is 13.9 Å². The highest BCUT2D eigenvalue weighted by Gasteiger charge is 2.32. The van der Waals surface area contributed by atoms with Gasteiger partial charge in [-0.15, -0.1) is 0 Å². The molecule has 214 valence electrons. The number of anilines is 1. The lowest BCUT2D eigenvalue weighted by molar-refractivity contribution is -0.139. The summed E-state index contributed by atoms with van der Waals surface area (Å²) in [5.41, 5.74) is 2.73. The monoisotopic (exact) mass is 647 g/mol. The number of carbonyl (C=O) groups excluding carboxylic acids is 2. The van der Waals surface area contributed by atoms with E-state index in [1.807, 2.05) is 45.0 Å². The molecule has 0 fully saturated rings. The summed E-state index contributed by atoms with van der Waals surface area (Å²) in [7, 11) is -4.15. The molecule has 0 bridgehead atoms. The van der Waals surface area contributed by atoms with Crippen LogP contribution in [0, 0.1) is 13.8 Å². The van der Waals surface area contributed by atoms with Crippen LogP contribution < -0.4 is 9.62 Å². The largest absolute Gasteiger partial charge is 0.354 e. The SMILES string of the molecule is CCCCNC(=O)[C@@H](C)N(Cc1cccc(Br)c1)C(=O)CN(c1ccc(C)c(Cl)c1)S(=O)(=O)c1ccc(C)cc1. The zero-order chi connectivity index (χ0) is 29.4. The van der Waals surface area contributed by atoms with Gasteiger partial charge >= 0.3 is 0 Å². The van der Waals surface area contributed by atoms with Crippen LogP contribution in [0.4, 0.5) is 5.69 Å². The van der Waals surface area contributed by atoms with E-state index in [2.05, 4.69) is 21.2 Å². The summed E-state index contributed by atoms with van der Waals surface area (Å²) in [5.74, 6) is -0.825. The first-order chi connectivity index (χ1) is 18.9. The van der Waals surface area contributed by atoms with Crippen LogP contribution in [-0.2, 0) is 26.2 Å². The van der Waals surface area contributed by atoms with Gasteiger partial charge in [0.25, 0.3) is 10.0 Å². The Balaban J connectivity index is 2.03. The van der Waals surface area contributed by atoms with Gasteiger partial charge in [-0.25, -0.2) is 8.42 Å². The number of sulfonamides is 1. The van der Waals surface area contributed by atoms with E-state index in [0.717, 1.165) is 38.3 Å². The maximum Gasteiger partial charge on any atom is 0.264 e. The molecule has 10 heteroatoms. The van der Waals surface area contributed by atoms with Gasteiger partial charge in [0.15, 0.2) is 0 Å². The predicted octanol–water partition coefficient (Wildman–Crippen LogP) is 6.25. The Morgan fingerprint density at radius 3 is 2.35 bits per heavy atom. The topological polar surface area (TPSA) is 86.8 Å². The van der Waals surface area contributed by atoms with E-state index in [0.29, 0.717) is 11.6 Å². The molecule has 0 unspecified atom stereocenters. The Labute approximate surface area is 250 Å². The zero-order valence-electron chi connectivity index (χ0n) is 23.2. The Morgan fingerprint density at radius 1 is 1.02 bits per heavy atom. The number of aryl methyl sites for hydroxylation is 2. The van der Waals surface area contributed by atoms with Crippen molar-refractivity contribution in [2.75, 3.05) is 17.4 Å². The van der Waals surface area contributed by atoms with Crippen LogP contribution in [0.5, 0.6) is 0 Å². The van der Waals surface area contributed by atoms with E-state index < -0.39 is 28.5 Å². The Kier molecular flexibility index (Phi) is 11.2. The van der Waals surface area contributed by atoms with Crippen molar-refractivity contribution in [1.82, 2.24) is 10.2 Å². The second-order valence-corrected chi connectivity index (χ2v) is 12.9. The Morgan fingerprint density at radius 2 is 1.73 bits per heavy atom. The van der Waals surface area contributed by atoms with Crippen LogP contribution in [0.25, 0.3) is 0 Å². The van der Waals surface area contributed by atoms with Gasteiger partial charge in [-0.05, 0) is 74.7 Å². The minimum absolute atomic E-state index is 0.0477. The Hall–Kier alpha value is -2.88. The quantitative estimate of drug-likeness (QED) is 0.235. The Bertz CT molecular complexity index is 1450. The normalized spacial score (nSPS) is 12.1. The molecule has 1 N–H and O–H groups in total. The molecule has 40 heavy (non-hydrogen) atoms. The van der Waals surface area contributed by atoms with Crippen molar-refractivity contribution >= 4 is 55.1 Å². The van der Waals surface area contributed by atoms with Gasteiger partial charge in [-0.1, -0.05) is 76.8 Å². The number of nitrogens with zero attached hydrogens (tertiary/aromatic N) is 2. The molecule has 0 aromatic heterocycles.